The van der Waals surface area contributed by atoms with Gasteiger partial charge in [-0.1, -0.05) is 11.6 Å². The highest BCUT2D eigenvalue weighted by molar-refractivity contribution is 6.33. The Bertz CT molecular complexity index is 1060. The van der Waals surface area contributed by atoms with Crippen LogP contribution in [0, 0.1) is 5.92 Å². The van der Waals surface area contributed by atoms with E-state index in [4.69, 9.17) is 11.6 Å². The average Bonchev–Trinajstić information content (AvgIpc) is 3.06. The fourth-order valence-corrected chi connectivity index (χ4v) is 3.88. The SMILES string of the molecule is CN1C(=O)C[C@@H](C(=O)Nc2cc(Cl)cc3c2[nH]c2cnccc23)C1(C)C. The van der Waals surface area contributed by atoms with Crippen LogP contribution in [-0.2, 0) is 9.59 Å². The molecule has 1 aliphatic rings. The summed E-state index contributed by atoms with van der Waals surface area (Å²) >= 11 is 6.28. The zero-order valence-corrected chi connectivity index (χ0v) is 15.5. The van der Waals surface area contributed by atoms with Crippen molar-refractivity contribution >= 4 is 50.9 Å². The van der Waals surface area contributed by atoms with Gasteiger partial charge in [0, 0.05) is 41.0 Å². The maximum Gasteiger partial charge on any atom is 0.230 e. The minimum absolute atomic E-state index is 0.0249. The Balaban J connectivity index is 1.76. The van der Waals surface area contributed by atoms with Gasteiger partial charge in [-0.05, 0) is 32.0 Å². The van der Waals surface area contributed by atoms with E-state index in [9.17, 15) is 9.59 Å². The maximum atomic E-state index is 12.9. The number of nitrogens with zero attached hydrogens (tertiary/aromatic N) is 2. The lowest BCUT2D eigenvalue weighted by Gasteiger charge is -2.32. The summed E-state index contributed by atoms with van der Waals surface area (Å²) in [6, 6.07) is 5.49. The summed E-state index contributed by atoms with van der Waals surface area (Å²) in [5, 5.41) is 5.41. The van der Waals surface area contributed by atoms with Crippen LogP contribution < -0.4 is 5.32 Å². The average molecular weight is 371 g/mol. The number of fused-ring (bicyclic) bond motifs is 3. The minimum Gasteiger partial charge on any atom is -0.352 e. The molecule has 1 atom stereocenters. The number of H-pyrrole nitrogens is 1. The van der Waals surface area contributed by atoms with Crippen LogP contribution in [0.15, 0.2) is 30.6 Å². The first-order valence-electron chi connectivity index (χ1n) is 8.41. The van der Waals surface area contributed by atoms with Gasteiger partial charge in [-0.15, -0.1) is 0 Å². The summed E-state index contributed by atoms with van der Waals surface area (Å²) in [4.78, 5) is 34.0. The van der Waals surface area contributed by atoms with Gasteiger partial charge in [-0.25, -0.2) is 0 Å². The number of rotatable bonds is 2. The molecular weight excluding hydrogens is 352 g/mol. The molecule has 1 fully saturated rings. The Morgan fingerprint density at radius 2 is 2.15 bits per heavy atom. The molecule has 1 aliphatic heterocycles. The third-order valence-electron chi connectivity index (χ3n) is 5.52. The van der Waals surface area contributed by atoms with Crippen LogP contribution in [0.3, 0.4) is 0 Å². The van der Waals surface area contributed by atoms with E-state index in [1.807, 2.05) is 26.0 Å². The van der Waals surface area contributed by atoms with Crippen molar-refractivity contribution in [1.29, 1.82) is 0 Å². The van der Waals surface area contributed by atoms with Crippen LogP contribution in [0.25, 0.3) is 21.8 Å². The highest BCUT2D eigenvalue weighted by atomic mass is 35.5. The molecule has 1 aromatic carbocycles. The molecule has 7 heteroatoms. The van der Waals surface area contributed by atoms with Crippen LogP contribution in [0.2, 0.25) is 5.02 Å². The zero-order valence-electron chi connectivity index (χ0n) is 14.8. The first-order valence-corrected chi connectivity index (χ1v) is 8.79. The molecule has 134 valence electrons. The molecule has 3 heterocycles. The Morgan fingerprint density at radius 1 is 1.38 bits per heavy atom. The van der Waals surface area contributed by atoms with E-state index in [2.05, 4.69) is 15.3 Å². The number of nitrogens with one attached hydrogen (secondary N) is 2. The van der Waals surface area contributed by atoms with E-state index in [-0.39, 0.29) is 18.2 Å². The number of aromatic amines is 1. The lowest BCUT2D eigenvalue weighted by atomic mass is 9.87. The first kappa shape index (κ1) is 16.8. The highest BCUT2D eigenvalue weighted by Crippen LogP contribution is 2.37. The molecule has 0 saturated carbocycles. The number of benzene rings is 1. The molecular formula is C19H19ClN4O2. The number of halogens is 1. The molecule has 6 nitrogen and oxygen atoms in total. The summed E-state index contributed by atoms with van der Waals surface area (Å²) in [5.74, 6) is -0.642. The van der Waals surface area contributed by atoms with Gasteiger partial charge in [0.1, 0.15) is 0 Å². The topological polar surface area (TPSA) is 78.1 Å². The number of carbonyl (C=O) groups is 2. The first-order chi connectivity index (χ1) is 12.3. The van der Waals surface area contributed by atoms with E-state index in [1.54, 1.807) is 30.4 Å². The minimum atomic E-state index is -0.538. The van der Waals surface area contributed by atoms with E-state index in [0.717, 1.165) is 21.8 Å². The maximum absolute atomic E-state index is 12.9. The monoisotopic (exact) mass is 370 g/mol. The highest BCUT2D eigenvalue weighted by Gasteiger charge is 2.47. The predicted octanol–water partition coefficient (Wildman–Crippen LogP) is 3.56. The number of pyridine rings is 1. The Hall–Kier alpha value is -2.60. The molecule has 0 bridgehead atoms. The van der Waals surface area contributed by atoms with E-state index >= 15 is 0 Å². The van der Waals surface area contributed by atoms with E-state index < -0.39 is 11.5 Å². The quantitative estimate of drug-likeness (QED) is 0.723. The van der Waals surface area contributed by atoms with Gasteiger partial charge < -0.3 is 15.2 Å². The normalized spacial score (nSPS) is 19.5. The van der Waals surface area contributed by atoms with Crippen LogP contribution in [0.5, 0.6) is 0 Å². The molecule has 4 rings (SSSR count). The Kier molecular flexibility index (Phi) is 3.70. The Labute approximate surface area is 155 Å². The smallest absolute Gasteiger partial charge is 0.230 e. The lowest BCUT2D eigenvalue weighted by molar-refractivity contribution is -0.128. The number of carbonyl (C=O) groups excluding carboxylic acids is 2. The van der Waals surface area contributed by atoms with Crippen molar-refractivity contribution in [2.45, 2.75) is 25.8 Å². The Morgan fingerprint density at radius 3 is 2.85 bits per heavy atom. The van der Waals surface area contributed by atoms with Crippen molar-refractivity contribution in [3.8, 4) is 0 Å². The summed E-state index contributed by atoms with van der Waals surface area (Å²) in [6.45, 7) is 3.81. The number of hydrogen-bond acceptors (Lipinski definition) is 3. The molecule has 1 saturated heterocycles. The van der Waals surface area contributed by atoms with Crippen molar-refractivity contribution < 1.29 is 9.59 Å². The second kappa shape index (κ2) is 5.71. The van der Waals surface area contributed by atoms with Crippen LogP contribution in [0.4, 0.5) is 5.69 Å². The summed E-state index contributed by atoms with van der Waals surface area (Å²) in [5.41, 5.74) is 1.73. The fourth-order valence-electron chi connectivity index (χ4n) is 3.67. The largest absolute Gasteiger partial charge is 0.352 e. The number of amides is 2. The predicted molar refractivity (Wildman–Crippen MR) is 102 cm³/mol. The van der Waals surface area contributed by atoms with Crippen molar-refractivity contribution in [1.82, 2.24) is 14.9 Å². The van der Waals surface area contributed by atoms with Crippen molar-refractivity contribution in [2.24, 2.45) is 5.92 Å². The molecule has 0 aliphatic carbocycles. The lowest BCUT2D eigenvalue weighted by Crippen LogP contribution is -2.45. The van der Waals surface area contributed by atoms with Crippen LogP contribution >= 0.6 is 11.6 Å². The molecule has 3 aromatic rings. The van der Waals surface area contributed by atoms with Gasteiger partial charge in [-0.2, -0.15) is 0 Å². The molecule has 0 radical (unpaired) electrons. The van der Waals surface area contributed by atoms with Crippen LogP contribution in [-0.4, -0.2) is 39.3 Å². The summed E-state index contributed by atoms with van der Waals surface area (Å²) in [7, 11) is 1.73. The molecule has 26 heavy (non-hydrogen) atoms. The second-order valence-corrected chi connectivity index (χ2v) is 7.71. The molecule has 2 amide bonds. The van der Waals surface area contributed by atoms with Gasteiger partial charge in [-0.3, -0.25) is 14.6 Å². The summed E-state index contributed by atoms with van der Waals surface area (Å²) in [6.07, 6.45) is 3.66. The van der Waals surface area contributed by atoms with Crippen molar-refractivity contribution in [2.75, 3.05) is 12.4 Å². The van der Waals surface area contributed by atoms with Gasteiger partial charge in [0.2, 0.25) is 11.8 Å². The molecule has 2 N–H and O–H groups in total. The number of aromatic nitrogens is 2. The third-order valence-corrected chi connectivity index (χ3v) is 5.74. The molecule has 0 spiro atoms. The van der Waals surface area contributed by atoms with Gasteiger partial charge >= 0.3 is 0 Å². The second-order valence-electron chi connectivity index (χ2n) is 7.27. The van der Waals surface area contributed by atoms with E-state index in [1.165, 1.54) is 0 Å². The van der Waals surface area contributed by atoms with Gasteiger partial charge in [0.15, 0.2) is 0 Å². The van der Waals surface area contributed by atoms with Crippen molar-refractivity contribution in [3.63, 3.8) is 0 Å². The molecule has 2 aromatic heterocycles. The van der Waals surface area contributed by atoms with Gasteiger partial charge in [0.25, 0.3) is 0 Å². The fraction of sp³-hybridized carbons (Fsp3) is 0.316. The zero-order chi connectivity index (χ0) is 18.6. The number of anilines is 1. The summed E-state index contributed by atoms with van der Waals surface area (Å²) < 4.78 is 0. The van der Waals surface area contributed by atoms with Crippen molar-refractivity contribution in [3.05, 3.63) is 35.6 Å². The van der Waals surface area contributed by atoms with E-state index in [0.29, 0.717) is 10.7 Å². The van der Waals surface area contributed by atoms with Gasteiger partial charge in [0.05, 0.1) is 28.8 Å². The standard InChI is InChI=1S/C19H19ClN4O2/c1-19(2)13(8-16(25)24(19)3)18(26)23-14-7-10(20)6-12-11-4-5-21-9-15(11)22-17(12)14/h4-7,9,13,22H,8H2,1-3H3,(H,23,26)/t13-/m0/s1. The number of likely N-dealkylation sites (tertiary alicyclic amines) is 1. The van der Waals surface area contributed by atoms with Crippen LogP contribution in [0.1, 0.15) is 20.3 Å². The number of hydrogen-bond donors (Lipinski definition) is 2. The molecule has 0 unspecified atom stereocenters. The third kappa shape index (κ3) is 2.44.